The summed E-state index contributed by atoms with van der Waals surface area (Å²) in [6.07, 6.45) is 11.2. The first-order valence-corrected chi connectivity index (χ1v) is 16.9. The maximum atomic E-state index is 12.8. The lowest BCUT2D eigenvalue weighted by Crippen LogP contribution is -2.11. The van der Waals surface area contributed by atoms with Crippen LogP contribution in [0.1, 0.15) is 83.2 Å². The predicted octanol–water partition coefficient (Wildman–Crippen LogP) is 6.57. The van der Waals surface area contributed by atoms with E-state index in [0.717, 1.165) is 44.8 Å². The molecule has 0 bridgehead atoms. The molecule has 42 heavy (non-hydrogen) atoms. The summed E-state index contributed by atoms with van der Waals surface area (Å²) in [5, 5.41) is 0. The molecule has 0 amide bonds. The molecule has 222 valence electrons. The van der Waals surface area contributed by atoms with Gasteiger partial charge in [-0.2, -0.15) is 0 Å². The molecule has 0 aliphatic rings. The molecule has 0 fully saturated rings. The minimum absolute atomic E-state index is 0.0882. The van der Waals surface area contributed by atoms with E-state index in [-0.39, 0.29) is 21.4 Å². The Balaban J connectivity index is 1.14. The van der Waals surface area contributed by atoms with E-state index in [1.165, 1.54) is 36.9 Å². The molecule has 0 saturated heterocycles. The largest absolute Gasteiger partial charge is 0.294 e. The molecule has 0 atom stereocenters. The maximum Gasteiger partial charge on any atom is 0.267 e. The molecule has 0 radical (unpaired) electrons. The minimum Gasteiger partial charge on any atom is -0.294 e. The third kappa shape index (κ3) is 7.54. The zero-order valence-corrected chi connectivity index (χ0v) is 25.5. The zero-order chi connectivity index (χ0) is 30.3. The fourth-order valence-corrected chi connectivity index (χ4v) is 7.01. The van der Waals surface area contributed by atoms with Gasteiger partial charge in [-0.25, -0.2) is 24.8 Å². The molecule has 2 heterocycles. The van der Waals surface area contributed by atoms with Crippen molar-refractivity contribution in [2.75, 3.05) is 0 Å². The van der Waals surface area contributed by atoms with Gasteiger partial charge in [-0.05, 0) is 63.1 Å². The van der Waals surface area contributed by atoms with Crippen LogP contribution in [-0.4, -0.2) is 36.3 Å². The molecule has 2 aromatic carbocycles. The van der Waals surface area contributed by atoms with Gasteiger partial charge >= 0.3 is 0 Å². The summed E-state index contributed by atoms with van der Waals surface area (Å²) in [4.78, 5) is 25.5. The number of rotatable bonds is 15. The average molecular weight is 609 g/mol. The van der Waals surface area contributed by atoms with Crippen LogP contribution < -0.4 is 0 Å². The van der Waals surface area contributed by atoms with E-state index >= 15 is 0 Å². The highest BCUT2D eigenvalue weighted by Gasteiger charge is 2.19. The number of nitrogens with zero attached hydrogens (tertiary/aromatic N) is 2. The van der Waals surface area contributed by atoms with Crippen molar-refractivity contribution in [1.82, 2.24) is 7.94 Å². The van der Waals surface area contributed by atoms with Gasteiger partial charge in [-0.3, -0.25) is 9.59 Å². The second-order valence-corrected chi connectivity index (χ2v) is 14.3. The second kappa shape index (κ2) is 13.5. The topological polar surface area (TPSA) is 112 Å². The molecule has 8 nitrogen and oxygen atoms in total. The van der Waals surface area contributed by atoms with Crippen LogP contribution in [0.15, 0.2) is 95.2 Å². The van der Waals surface area contributed by atoms with Crippen molar-refractivity contribution in [3.63, 3.8) is 0 Å². The molecule has 0 aliphatic carbocycles. The highest BCUT2D eigenvalue weighted by atomic mass is 32.2. The lowest BCUT2D eigenvalue weighted by Gasteiger charge is -2.06. The third-order valence-electron chi connectivity index (χ3n) is 7.23. The molecule has 0 unspecified atom stereocenters. The van der Waals surface area contributed by atoms with Crippen LogP contribution in [0.4, 0.5) is 0 Å². The summed E-state index contributed by atoms with van der Waals surface area (Å²) in [6.45, 7) is 3.77. The van der Waals surface area contributed by atoms with Gasteiger partial charge in [0.1, 0.15) is 0 Å². The lowest BCUT2D eigenvalue weighted by atomic mass is 10.0. The van der Waals surface area contributed by atoms with Crippen molar-refractivity contribution < 1.29 is 26.4 Å². The number of Topliss-reactive ketones (excluding diaryl/α,β-unsaturated/α-hetero) is 2. The van der Waals surface area contributed by atoms with Crippen LogP contribution >= 0.6 is 0 Å². The number of aryl methyl sites for hydroxylation is 2. The first-order chi connectivity index (χ1) is 20.0. The first-order valence-electron chi connectivity index (χ1n) is 14.1. The summed E-state index contributed by atoms with van der Waals surface area (Å²) < 4.78 is 53.4. The number of ketones is 2. The SMILES string of the molecule is Cc1ccc(S(=O)(=O)n2ccc(C(=O)CCCCCCCCC(=O)c3ccn(S(=O)(=O)c4ccc(C)cc4)c3)c2)cc1. The van der Waals surface area contributed by atoms with Crippen molar-refractivity contribution in [2.45, 2.75) is 75.0 Å². The third-order valence-corrected chi connectivity index (χ3v) is 10.5. The van der Waals surface area contributed by atoms with Crippen LogP contribution in [0.5, 0.6) is 0 Å². The first kappa shape index (κ1) is 31.2. The predicted molar refractivity (Wildman–Crippen MR) is 162 cm³/mol. The Morgan fingerprint density at radius 2 is 0.857 bits per heavy atom. The van der Waals surface area contributed by atoms with Crippen LogP contribution in [0.3, 0.4) is 0 Å². The number of carbonyl (C=O) groups is 2. The normalized spacial score (nSPS) is 12.0. The lowest BCUT2D eigenvalue weighted by molar-refractivity contribution is 0.0970. The van der Waals surface area contributed by atoms with E-state index in [4.69, 9.17) is 0 Å². The number of hydrogen-bond donors (Lipinski definition) is 0. The average Bonchev–Trinajstić information content (AvgIpc) is 3.67. The Morgan fingerprint density at radius 1 is 0.524 bits per heavy atom. The number of hydrogen-bond acceptors (Lipinski definition) is 6. The van der Waals surface area contributed by atoms with Gasteiger partial charge in [0.2, 0.25) is 0 Å². The number of unbranched alkanes of at least 4 members (excludes halogenated alkanes) is 5. The zero-order valence-electron chi connectivity index (χ0n) is 23.9. The Hall–Kier alpha value is -3.76. The summed E-state index contributed by atoms with van der Waals surface area (Å²) in [5.41, 5.74) is 2.69. The van der Waals surface area contributed by atoms with Gasteiger partial charge in [0, 0.05) is 48.8 Å². The number of carbonyl (C=O) groups excluding carboxylic acids is 2. The highest BCUT2D eigenvalue weighted by Crippen LogP contribution is 2.19. The monoisotopic (exact) mass is 608 g/mol. The summed E-state index contributed by atoms with van der Waals surface area (Å²) >= 11 is 0. The fraction of sp³-hybridized carbons (Fsp3) is 0.312. The van der Waals surface area contributed by atoms with Crippen molar-refractivity contribution >= 4 is 31.6 Å². The van der Waals surface area contributed by atoms with Crippen LogP contribution in [0.2, 0.25) is 0 Å². The molecule has 0 saturated carbocycles. The van der Waals surface area contributed by atoms with Crippen LogP contribution in [-0.2, 0) is 20.0 Å². The molecular weight excluding hydrogens is 572 g/mol. The van der Waals surface area contributed by atoms with E-state index in [9.17, 15) is 26.4 Å². The number of benzene rings is 2. The van der Waals surface area contributed by atoms with Gasteiger partial charge in [0.25, 0.3) is 20.0 Å². The Morgan fingerprint density at radius 3 is 1.21 bits per heavy atom. The van der Waals surface area contributed by atoms with E-state index in [2.05, 4.69) is 0 Å². The van der Waals surface area contributed by atoms with Gasteiger partial charge in [0.05, 0.1) is 9.79 Å². The maximum absolute atomic E-state index is 12.8. The Kier molecular flexibility index (Phi) is 10.0. The molecule has 0 spiro atoms. The molecule has 10 heteroatoms. The van der Waals surface area contributed by atoms with Crippen LogP contribution in [0.25, 0.3) is 0 Å². The Bertz CT molecular complexity index is 1620. The van der Waals surface area contributed by atoms with Crippen molar-refractivity contribution in [3.05, 3.63) is 108 Å². The standard InChI is InChI=1S/C32H36N2O6S2/c1-25-11-15-29(16-12-25)41(37,38)33-21-19-27(23-33)31(35)9-7-5-3-4-6-8-10-32(36)28-20-22-34(24-28)42(39,40)30-17-13-26(2)14-18-30/h11-24H,3-10H2,1-2H3. The minimum atomic E-state index is -3.74. The summed E-state index contributed by atoms with van der Waals surface area (Å²) in [5.74, 6) is -0.176. The molecule has 0 aliphatic heterocycles. The van der Waals surface area contributed by atoms with Gasteiger partial charge in [-0.1, -0.05) is 61.1 Å². The van der Waals surface area contributed by atoms with Crippen molar-refractivity contribution in [3.8, 4) is 0 Å². The number of aromatic nitrogens is 2. The van der Waals surface area contributed by atoms with Crippen LogP contribution in [0, 0.1) is 13.8 Å². The molecule has 4 aromatic rings. The fourth-order valence-electron chi connectivity index (χ4n) is 4.61. The molecular formula is C32H36N2O6S2. The van der Waals surface area contributed by atoms with E-state index in [1.54, 1.807) is 48.5 Å². The quantitative estimate of drug-likeness (QED) is 0.112. The van der Waals surface area contributed by atoms with Gasteiger partial charge in [-0.15, -0.1) is 0 Å². The Labute approximate surface area is 248 Å². The molecule has 2 aromatic heterocycles. The van der Waals surface area contributed by atoms with E-state index in [1.807, 2.05) is 13.8 Å². The molecule has 0 N–H and O–H groups in total. The van der Waals surface area contributed by atoms with E-state index in [0.29, 0.717) is 36.8 Å². The highest BCUT2D eigenvalue weighted by molar-refractivity contribution is 7.90. The summed E-state index contributed by atoms with van der Waals surface area (Å²) in [7, 11) is -7.47. The van der Waals surface area contributed by atoms with Crippen molar-refractivity contribution in [1.29, 1.82) is 0 Å². The second-order valence-electron chi connectivity index (χ2n) is 10.6. The smallest absolute Gasteiger partial charge is 0.267 e. The molecule has 4 rings (SSSR count). The summed E-state index contributed by atoms with van der Waals surface area (Å²) in [6, 6.07) is 16.2. The van der Waals surface area contributed by atoms with Gasteiger partial charge in [0.15, 0.2) is 11.6 Å². The van der Waals surface area contributed by atoms with Gasteiger partial charge < -0.3 is 0 Å². The van der Waals surface area contributed by atoms with Crippen molar-refractivity contribution in [2.24, 2.45) is 0 Å². The van der Waals surface area contributed by atoms with E-state index < -0.39 is 20.0 Å².